The average molecular weight is 306 g/mol. The van der Waals surface area contributed by atoms with Gasteiger partial charge in [-0.3, -0.25) is 4.72 Å². The fourth-order valence-electron chi connectivity index (χ4n) is 2.49. The van der Waals surface area contributed by atoms with Crippen molar-refractivity contribution in [3.63, 3.8) is 0 Å². The maximum Gasteiger partial charge on any atom is 0.262 e. The largest absolute Gasteiger partial charge is 0.385 e. The Balaban J connectivity index is 1.99. The third-order valence-corrected chi connectivity index (χ3v) is 4.88. The number of sulfonamides is 1. The first-order chi connectivity index (χ1) is 10.1. The first-order valence-electron chi connectivity index (χ1n) is 6.70. The molecule has 0 aromatic heterocycles. The minimum absolute atomic E-state index is 0.219. The van der Waals surface area contributed by atoms with Crippen LogP contribution in [0.1, 0.15) is 12.0 Å². The Labute approximate surface area is 123 Å². The molecule has 4 nitrogen and oxygen atoms in total. The summed E-state index contributed by atoms with van der Waals surface area (Å²) in [7, 11) is -3.73. The Kier molecular flexibility index (Phi) is 3.55. The lowest BCUT2D eigenvalue weighted by atomic mass is 10.0. The van der Waals surface area contributed by atoms with Gasteiger partial charge in [0.25, 0.3) is 10.0 Å². The molecular formula is C15H15FN2O2S. The van der Waals surface area contributed by atoms with Crippen molar-refractivity contribution < 1.29 is 12.8 Å². The summed E-state index contributed by atoms with van der Waals surface area (Å²) >= 11 is 0. The molecule has 110 valence electrons. The van der Waals surface area contributed by atoms with E-state index in [0.29, 0.717) is 6.42 Å². The molecule has 21 heavy (non-hydrogen) atoms. The molecule has 2 aromatic rings. The number of rotatable bonds is 3. The van der Waals surface area contributed by atoms with E-state index in [9.17, 15) is 12.8 Å². The zero-order valence-corrected chi connectivity index (χ0v) is 12.1. The van der Waals surface area contributed by atoms with Crippen LogP contribution in [0.5, 0.6) is 0 Å². The summed E-state index contributed by atoms with van der Waals surface area (Å²) in [5, 5.41) is 3.20. The second-order valence-electron chi connectivity index (χ2n) is 4.93. The first kappa shape index (κ1) is 13.9. The van der Waals surface area contributed by atoms with Crippen LogP contribution in [0.2, 0.25) is 0 Å². The maximum absolute atomic E-state index is 13.2. The highest BCUT2D eigenvalue weighted by atomic mass is 32.2. The number of hydrogen-bond acceptors (Lipinski definition) is 3. The van der Waals surface area contributed by atoms with Gasteiger partial charge in [-0.05, 0) is 48.7 Å². The SMILES string of the molecule is O=S(=O)(Nc1cccc(F)c1)c1cccc2c1CCCN2. The highest BCUT2D eigenvalue weighted by Gasteiger charge is 2.22. The van der Waals surface area contributed by atoms with Crippen LogP contribution in [0.4, 0.5) is 15.8 Å². The molecule has 3 rings (SSSR count). The van der Waals surface area contributed by atoms with Gasteiger partial charge in [-0.2, -0.15) is 0 Å². The fourth-order valence-corrected chi connectivity index (χ4v) is 3.83. The van der Waals surface area contributed by atoms with E-state index in [0.717, 1.165) is 30.3 Å². The molecule has 0 aliphatic carbocycles. The smallest absolute Gasteiger partial charge is 0.262 e. The lowest BCUT2D eigenvalue weighted by Crippen LogP contribution is -2.19. The molecular weight excluding hydrogens is 291 g/mol. The number of benzene rings is 2. The van der Waals surface area contributed by atoms with Crippen LogP contribution in [0.3, 0.4) is 0 Å². The molecule has 0 unspecified atom stereocenters. The second kappa shape index (κ2) is 5.37. The van der Waals surface area contributed by atoms with Gasteiger partial charge in [0.15, 0.2) is 0 Å². The number of fused-ring (bicyclic) bond motifs is 1. The lowest BCUT2D eigenvalue weighted by Gasteiger charge is -2.21. The molecule has 0 bridgehead atoms. The van der Waals surface area contributed by atoms with E-state index in [1.54, 1.807) is 12.1 Å². The Morgan fingerprint density at radius 2 is 1.95 bits per heavy atom. The van der Waals surface area contributed by atoms with E-state index in [4.69, 9.17) is 0 Å². The minimum atomic E-state index is -3.73. The number of halogens is 1. The third kappa shape index (κ3) is 2.85. The van der Waals surface area contributed by atoms with Crippen molar-refractivity contribution in [2.75, 3.05) is 16.6 Å². The van der Waals surface area contributed by atoms with Gasteiger partial charge in [-0.1, -0.05) is 12.1 Å². The Hall–Kier alpha value is -2.08. The highest BCUT2D eigenvalue weighted by molar-refractivity contribution is 7.92. The third-order valence-electron chi connectivity index (χ3n) is 3.42. The lowest BCUT2D eigenvalue weighted by molar-refractivity contribution is 0.599. The highest BCUT2D eigenvalue weighted by Crippen LogP contribution is 2.29. The maximum atomic E-state index is 13.2. The molecule has 2 N–H and O–H groups in total. The van der Waals surface area contributed by atoms with Gasteiger partial charge < -0.3 is 5.32 Å². The van der Waals surface area contributed by atoms with Crippen LogP contribution in [0.25, 0.3) is 0 Å². The zero-order chi connectivity index (χ0) is 14.9. The molecule has 0 saturated carbocycles. The molecule has 1 aliphatic rings. The number of anilines is 2. The molecule has 0 spiro atoms. The molecule has 1 heterocycles. The average Bonchev–Trinajstić information content (AvgIpc) is 2.46. The second-order valence-corrected chi connectivity index (χ2v) is 6.58. The quantitative estimate of drug-likeness (QED) is 0.916. The summed E-state index contributed by atoms with van der Waals surface area (Å²) in [4.78, 5) is 0.247. The minimum Gasteiger partial charge on any atom is -0.385 e. The summed E-state index contributed by atoms with van der Waals surface area (Å²) < 4.78 is 40.7. The predicted molar refractivity (Wildman–Crippen MR) is 80.5 cm³/mol. The van der Waals surface area contributed by atoms with Crippen molar-refractivity contribution in [1.29, 1.82) is 0 Å². The molecule has 0 amide bonds. The number of nitrogens with one attached hydrogen (secondary N) is 2. The number of hydrogen-bond donors (Lipinski definition) is 2. The van der Waals surface area contributed by atoms with Crippen LogP contribution in [-0.4, -0.2) is 15.0 Å². The molecule has 0 saturated heterocycles. The fraction of sp³-hybridized carbons (Fsp3) is 0.200. The topological polar surface area (TPSA) is 58.2 Å². The summed E-state index contributed by atoms with van der Waals surface area (Å²) in [6, 6.07) is 10.6. The summed E-state index contributed by atoms with van der Waals surface area (Å²) in [6.07, 6.45) is 1.60. The monoisotopic (exact) mass is 306 g/mol. The van der Waals surface area contributed by atoms with Gasteiger partial charge in [0.1, 0.15) is 5.82 Å². The molecule has 6 heteroatoms. The van der Waals surface area contributed by atoms with Crippen LogP contribution in [-0.2, 0) is 16.4 Å². The van der Waals surface area contributed by atoms with E-state index in [1.165, 1.54) is 18.2 Å². The van der Waals surface area contributed by atoms with Gasteiger partial charge in [-0.25, -0.2) is 12.8 Å². The molecule has 0 atom stereocenters. The summed E-state index contributed by atoms with van der Waals surface area (Å²) in [5.74, 6) is -0.480. The van der Waals surface area contributed by atoms with Crippen LogP contribution >= 0.6 is 0 Å². The van der Waals surface area contributed by atoms with Crippen molar-refractivity contribution in [2.24, 2.45) is 0 Å². The Morgan fingerprint density at radius 1 is 1.14 bits per heavy atom. The molecule has 1 aliphatic heterocycles. The van der Waals surface area contributed by atoms with Gasteiger partial charge in [0, 0.05) is 12.2 Å². The van der Waals surface area contributed by atoms with Crippen molar-refractivity contribution in [3.05, 3.63) is 53.8 Å². The normalized spacial score (nSPS) is 14.1. The standard InChI is InChI=1S/C15H15FN2O2S/c16-11-4-1-5-12(10-11)18-21(19,20)15-8-2-7-14-13(15)6-3-9-17-14/h1-2,4-5,7-8,10,17-18H,3,6,9H2. The van der Waals surface area contributed by atoms with Crippen molar-refractivity contribution in [1.82, 2.24) is 0 Å². The van der Waals surface area contributed by atoms with Crippen LogP contribution in [0, 0.1) is 5.82 Å². The summed E-state index contributed by atoms with van der Waals surface area (Å²) in [6.45, 7) is 0.841. The van der Waals surface area contributed by atoms with Gasteiger partial charge in [-0.15, -0.1) is 0 Å². The molecule has 0 fully saturated rings. The summed E-state index contributed by atoms with van der Waals surface area (Å²) in [5.41, 5.74) is 1.85. The van der Waals surface area contributed by atoms with E-state index in [2.05, 4.69) is 10.0 Å². The predicted octanol–water partition coefficient (Wildman–Crippen LogP) is 2.98. The van der Waals surface area contributed by atoms with E-state index < -0.39 is 15.8 Å². The van der Waals surface area contributed by atoms with Crippen molar-refractivity contribution in [2.45, 2.75) is 17.7 Å². The molecule has 2 aromatic carbocycles. The van der Waals surface area contributed by atoms with Gasteiger partial charge in [0.2, 0.25) is 0 Å². The van der Waals surface area contributed by atoms with E-state index >= 15 is 0 Å². The van der Waals surface area contributed by atoms with Crippen LogP contribution in [0.15, 0.2) is 47.4 Å². The zero-order valence-electron chi connectivity index (χ0n) is 11.3. The van der Waals surface area contributed by atoms with Crippen LogP contribution < -0.4 is 10.0 Å². The van der Waals surface area contributed by atoms with E-state index in [-0.39, 0.29) is 10.6 Å². The van der Waals surface area contributed by atoms with E-state index in [1.807, 2.05) is 6.07 Å². The Morgan fingerprint density at radius 3 is 2.76 bits per heavy atom. The van der Waals surface area contributed by atoms with Crippen molar-refractivity contribution in [3.8, 4) is 0 Å². The Bertz CT molecular complexity index is 775. The first-order valence-corrected chi connectivity index (χ1v) is 8.19. The van der Waals surface area contributed by atoms with Crippen molar-refractivity contribution >= 4 is 21.4 Å². The van der Waals surface area contributed by atoms with Gasteiger partial charge in [0.05, 0.1) is 10.6 Å². The molecule has 0 radical (unpaired) electrons. The van der Waals surface area contributed by atoms with Gasteiger partial charge >= 0.3 is 0 Å².